The molecule has 20 heavy (non-hydrogen) atoms. The zero-order chi connectivity index (χ0) is 14.7. The average molecular weight is 338 g/mol. The van der Waals surface area contributed by atoms with Gasteiger partial charge in [-0.3, -0.25) is 13.9 Å². The molecular weight excluding hydrogens is 322 g/mol. The Hall–Kier alpha value is -1.66. The molecule has 0 aliphatic rings. The summed E-state index contributed by atoms with van der Waals surface area (Å²) in [7, 11) is 3.14. The van der Waals surface area contributed by atoms with Gasteiger partial charge in [0.05, 0.1) is 0 Å². The van der Waals surface area contributed by atoms with E-state index in [0.717, 1.165) is 14.6 Å². The summed E-state index contributed by atoms with van der Waals surface area (Å²) in [5.41, 5.74) is 1.20. The van der Waals surface area contributed by atoms with Gasteiger partial charge in [-0.05, 0) is 11.6 Å². The molecule has 0 aliphatic heterocycles. The van der Waals surface area contributed by atoms with E-state index in [1.165, 1.54) is 17.7 Å². The minimum Gasteiger partial charge on any atom is -0.307 e. The van der Waals surface area contributed by atoms with Crippen molar-refractivity contribution in [1.29, 1.82) is 0 Å². The summed E-state index contributed by atoms with van der Waals surface area (Å²) in [5.74, 6) is 0. The van der Waals surface area contributed by atoms with Crippen molar-refractivity contribution in [3.63, 3.8) is 0 Å². The standard InChI is InChI=1S/C14H16BrN3O2/c1-17-11(7-13(19)18(2)14(17)20)9-16-8-10-5-3-4-6-12(10)15/h3-7,16H,8-9H2,1-2H3. The number of hydrogen-bond acceptors (Lipinski definition) is 3. The Kier molecular flexibility index (Phi) is 4.57. The summed E-state index contributed by atoms with van der Waals surface area (Å²) >= 11 is 3.48. The molecule has 0 spiro atoms. The van der Waals surface area contributed by atoms with Crippen molar-refractivity contribution in [2.75, 3.05) is 0 Å². The molecule has 106 valence electrons. The van der Waals surface area contributed by atoms with Crippen LogP contribution in [0.15, 0.2) is 44.4 Å². The van der Waals surface area contributed by atoms with Crippen molar-refractivity contribution in [1.82, 2.24) is 14.5 Å². The Morgan fingerprint density at radius 3 is 2.50 bits per heavy atom. The lowest BCUT2D eigenvalue weighted by atomic mass is 10.2. The molecule has 1 N–H and O–H groups in total. The van der Waals surface area contributed by atoms with Crippen molar-refractivity contribution >= 4 is 15.9 Å². The molecule has 0 fully saturated rings. The molecule has 0 amide bonds. The zero-order valence-electron chi connectivity index (χ0n) is 11.4. The molecule has 1 aromatic heterocycles. The summed E-state index contributed by atoms with van der Waals surface area (Å²) in [6.07, 6.45) is 0. The van der Waals surface area contributed by atoms with E-state index in [-0.39, 0.29) is 11.2 Å². The average Bonchev–Trinajstić information content (AvgIpc) is 2.44. The Bertz CT molecular complexity index is 734. The Morgan fingerprint density at radius 2 is 1.80 bits per heavy atom. The van der Waals surface area contributed by atoms with Gasteiger partial charge in [0.15, 0.2) is 0 Å². The van der Waals surface area contributed by atoms with Gasteiger partial charge in [-0.1, -0.05) is 34.1 Å². The van der Waals surface area contributed by atoms with Gasteiger partial charge in [-0.2, -0.15) is 0 Å². The summed E-state index contributed by atoms with van der Waals surface area (Å²) in [6.45, 7) is 1.12. The second-order valence-electron chi connectivity index (χ2n) is 4.57. The van der Waals surface area contributed by atoms with Crippen LogP contribution in [0.1, 0.15) is 11.3 Å². The number of nitrogens with zero attached hydrogens (tertiary/aromatic N) is 2. The van der Waals surface area contributed by atoms with Crippen LogP contribution >= 0.6 is 15.9 Å². The number of aromatic nitrogens is 2. The van der Waals surface area contributed by atoms with Crippen molar-refractivity contribution in [2.45, 2.75) is 13.1 Å². The fourth-order valence-corrected chi connectivity index (χ4v) is 2.34. The first-order valence-electron chi connectivity index (χ1n) is 6.20. The van der Waals surface area contributed by atoms with Crippen LogP contribution in [0.3, 0.4) is 0 Å². The second-order valence-corrected chi connectivity index (χ2v) is 5.42. The molecule has 2 rings (SSSR count). The van der Waals surface area contributed by atoms with Crippen molar-refractivity contribution in [3.8, 4) is 0 Å². The van der Waals surface area contributed by atoms with Crippen LogP contribution in [0.4, 0.5) is 0 Å². The lowest BCUT2D eigenvalue weighted by Crippen LogP contribution is -2.39. The van der Waals surface area contributed by atoms with E-state index in [4.69, 9.17) is 0 Å². The molecule has 1 aromatic carbocycles. The highest BCUT2D eigenvalue weighted by atomic mass is 79.9. The summed E-state index contributed by atoms with van der Waals surface area (Å²) in [4.78, 5) is 23.4. The third-order valence-corrected chi connectivity index (χ3v) is 3.98. The van der Waals surface area contributed by atoms with Crippen LogP contribution in [0.25, 0.3) is 0 Å². The Morgan fingerprint density at radius 1 is 1.10 bits per heavy atom. The molecule has 6 heteroatoms. The smallest absolute Gasteiger partial charge is 0.307 e. The van der Waals surface area contributed by atoms with E-state index in [9.17, 15) is 9.59 Å². The number of nitrogens with one attached hydrogen (secondary N) is 1. The minimum absolute atomic E-state index is 0.286. The fourth-order valence-electron chi connectivity index (χ4n) is 1.91. The molecule has 0 aliphatic carbocycles. The maximum atomic E-state index is 11.8. The number of hydrogen-bond donors (Lipinski definition) is 1. The quantitative estimate of drug-likeness (QED) is 0.910. The molecule has 0 bridgehead atoms. The van der Waals surface area contributed by atoms with Crippen molar-refractivity contribution < 1.29 is 0 Å². The molecule has 2 aromatic rings. The SMILES string of the molecule is Cn1c(CNCc2ccccc2Br)cc(=O)n(C)c1=O. The van der Waals surface area contributed by atoms with Gasteiger partial charge < -0.3 is 5.32 Å². The van der Waals surface area contributed by atoms with E-state index in [1.54, 1.807) is 7.05 Å². The summed E-state index contributed by atoms with van der Waals surface area (Å²) in [6, 6.07) is 9.40. The highest BCUT2D eigenvalue weighted by molar-refractivity contribution is 9.10. The first-order valence-corrected chi connectivity index (χ1v) is 7.00. The topological polar surface area (TPSA) is 56.0 Å². The molecule has 0 radical (unpaired) electrons. The molecule has 1 heterocycles. The maximum Gasteiger partial charge on any atom is 0.330 e. The largest absolute Gasteiger partial charge is 0.330 e. The van der Waals surface area contributed by atoms with Gasteiger partial charge in [0.2, 0.25) is 0 Å². The lowest BCUT2D eigenvalue weighted by molar-refractivity contribution is 0.600. The first kappa shape index (κ1) is 14.7. The van der Waals surface area contributed by atoms with Gasteiger partial charge >= 0.3 is 5.69 Å². The molecule has 0 atom stereocenters. The molecular formula is C14H16BrN3O2. The monoisotopic (exact) mass is 337 g/mol. The van der Waals surface area contributed by atoms with Gasteiger partial charge in [-0.25, -0.2) is 4.79 Å². The molecule has 0 unspecified atom stereocenters. The molecule has 0 saturated carbocycles. The highest BCUT2D eigenvalue weighted by Gasteiger charge is 2.05. The maximum absolute atomic E-state index is 11.8. The van der Waals surface area contributed by atoms with E-state index < -0.39 is 0 Å². The number of benzene rings is 1. The van der Waals surface area contributed by atoms with Crippen LogP contribution in [0, 0.1) is 0 Å². The van der Waals surface area contributed by atoms with E-state index in [0.29, 0.717) is 18.8 Å². The zero-order valence-corrected chi connectivity index (χ0v) is 13.0. The van der Waals surface area contributed by atoms with Gasteiger partial charge in [-0.15, -0.1) is 0 Å². The van der Waals surface area contributed by atoms with Gasteiger partial charge in [0.1, 0.15) is 0 Å². The molecule has 5 nitrogen and oxygen atoms in total. The third-order valence-electron chi connectivity index (χ3n) is 3.20. The summed E-state index contributed by atoms with van der Waals surface area (Å²) < 4.78 is 3.61. The third kappa shape index (κ3) is 3.08. The minimum atomic E-state index is -0.310. The van der Waals surface area contributed by atoms with Crippen LogP contribution in [0.5, 0.6) is 0 Å². The van der Waals surface area contributed by atoms with Crippen molar-refractivity contribution in [2.24, 2.45) is 14.1 Å². The van der Waals surface area contributed by atoms with Gasteiger partial charge in [0, 0.05) is 43.4 Å². The fraction of sp³-hybridized carbons (Fsp3) is 0.286. The first-order chi connectivity index (χ1) is 9.50. The Labute approximate surface area is 125 Å². The van der Waals surface area contributed by atoms with Gasteiger partial charge in [0.25, 0.3) is 5.56 Å². The van der Waals surface area contributed by atoms with Crippen LogP contribution in [0.2, 0.25) is 0 Å². The number of halogens is 1. The van der Waals surface area contributed by atoms with E-state index in [2.05, 4.69) is 21.2 Å². The second kappa shape index (κ2) is 6.19. The number of rotatable bonds is 4. The van der Waals surface area contributed by atoms with Crippen LogP contribution in [-0.4, -0.2) is 9.13 Å². The Balaban J connectivity index is 2.11. The predicted octanol–water partition coefficient (Wildman–Crippen LogP) is 1.14. The van der Waals surface area contributed by atoms with E-state index >= 15 is 0 Å². The van der Waals surface area contributed by atoms with Crippen molar-refractivity contribution in [3.05, 3.63) is 66.9 Å². The normalized spacial score (nSPS) is 10.8. The summed E-state index contributed by atoms with van der Waals surface area (Å²) in [5, 5.41) is 3.24. The molecule has 0 saturated heterocycles. The van der Waals surface area contributed by atoms with E-state index in [1.807, 2.05) is 24.3 Å². The lowest BCUT2D eigenvalue weighted by Gasteiger charge is -2.11. The van der Waals surface area contributed by atoms with Crippen LogP contribution in [-0.2, 0) is 27.2 Å². The highest BCUT2D eigenvalue weighted by Crippen LogP contribution is 2.15. The predicted molar refractivity (Wildman–Crippen MR) is 81.6 cm³/mol. The van der Waals surface area contributed by atoms with Crippen LogP contribution < -0.4 is 16.6 Å².